The van der Waals surface area contributed by atoms with Gasteiger partial charge < -0.3 is 4.57 Å². The summed E-state index contributed by atoms with van der Waals surface area (Å²) in [5.41, 5.74) is 2.61. The van der Waals surface area contributed by atoms with E-state index < -0.39 is 15.4 Å². The van der Waals surface area contributed by atoms with Crippen molar-refractivity contribution < 1.29 is 8.42 Å². The van der Waals surface area contributed by atoms with Crippen LogP contribution in [0.15, 0.2) is 87.8 Å². The van der Waals surface area contributed by atoms with Crippen molar-refractivity contribution in [2.24, 2.45) is 0 Å². The van der Waals surface area contributed by atoms with Crippen LogP contribution < -0.4 is 11.0 Å². The first-order valence-corrected chi connectivity index (χ1v) is 12.1. The number of benzene rings is 1. The van der Waals surface area contributed by atoms with Gasteiger partial charge in [-0.25, -0.2) is 13.4 Å². The maximum absolute atomic E-state index is 13.6. The summed E-state index contributed by atoms with van der Waals surface area (Å²) in [4.78, 5) is 21.9. The van der Waals surface area contributed by atoms with Crippen LogP contribution in [0.2, 0.25) is 0 Å². The minimum Gasteiger partial charge on any atom is -0.305 e. The smallest absolute Gasteiger partial charge is 0.267 e. The van der Waals surface area contributed by atoms with Crippen molar-refractivity contribution in [1.29, 1.82) is 5.41 Å². The Morgan fingerprint density at radius 3 is 2.32 bits per heavy atom. The van der Waals surface area contributed by atoms with Crippen LogP contribution in [0, 0.1) is 19.3 Å². The molecule has 0 aliphatic heterocycles. The fourth-order valence-electron chi connectivity index (χ4n) is 3.89. The SMILES string of the molecule is Cc1ccc(S(=O)(=O)c2cc3c(=O)n4cc(C)ccc4nc3n(Cc3ccncc3)c2=N)cc1. The molecule has 4 heterocycles. The number of rotatable bonds is 4. The predicted molar refractivity (Wildman–Crippen MR) is 128 cm³/mol. The molecule has 34 heavy (non-hydrogen) atoms. The zero-order chi connectivity index (χ0) is 24.0. The molecule has 0 spiro atoms. The molecule has 9 heteroatoms. The molecule has 0 fully saturated rings. The van der Waals surface area contributed by atoms with Crippen molar-refractivity contribution in [3.63, 3.8) is 0 Å². The number of hydrogen-bond acceptors (Lipinski definition) is 6. The van der Waals surface area contributed by atoms with Gasteiger partial charge >= 0.3 is 0 Å². The topological polar surface area (TPSA) is 110 Å². The number of fused-ring (bicyclic) bond motifs is 2. The number of sulfone groups is 1. The molecule has 0 saturated heterocycles. The molecule has 0 radical (unpaired) electrons. The highest BCUT2D eigenvalue weighted by Gasteiger charge is 2.24. The standard InChI is InChI=1S/C25H21N5O3S/c1-16-3-6-19(7-4-16)34(32,33)21-13-20-24(28-22-8-5-17(2)14-29(22)25(20)31)30(23(21)26)15-18-9-11-27-12-10-18/h3-14,26H,15H2,1-2H3. The van der Waals surface area contributed by atoms with E-state index in [-0.39, 0.29) is 32.9 Å². The van der Waals surface area contributed by atoms with Crippen molar-refractivity contribution in [3.05, 3.63) is 106 Å². The Kier molecular flexibility index (Phi) is 5.13. The van der Waals surface area contributed by atoms with Gasteiger partial charge in [-0.1, -0.05) is 23.8 Å². The number of nitrogens with one attached hydrogen (secondary N) is 1. The highest BCUT2D eigenvalue weighted by Crippen LogP contribution is 2.21. The number of pyridine rings is 3. The Bertz CT molecular complexity index is 1790. The third-order valence-corrected chi connectivity index (χ3v) is 7.51. The molecule has 4 aromatic heterocycles. The zero-order valence-electron chi connectivity index (χ0n) is 18.6. The van der Waals surface area contributed by atoms with Crippen LogP contribution in [0.4, 0.5) is 0 Å². The summed E-state index contributed by atoms with van der Waals surface area (Å²) in [6, 6.07) is 14.8. The monoisotopic (exact) mass is 471 g/mol. The third kappa shape index (κ3) is 3.60. The Morgan fingerprint density at radius 2 is 1.62 bits per heavy atom. The molecule has 1 N–H and O–H groups in total. The van der Waals surface area contributed by atoms with Gasteiger partial charge in [0.2, 0.25) is 9.84 Å². The summed E-state index contributed by atoms with van der Waals surface area (Å²) in [5.74, 6) is 0. The van der Waals surface area contributed by atoms with Gasteiger partial charge in [0.05, 0.1) is 16.8 Å². The van der Waals surface area contributed by atoms with Gasteiger partial charge in [-0.2, -0.15) is 0 Å². The van der Waals surface area contributed by atoms with Crippen LogP contribution in [0.1, 0.15) is 16.7 Å². The first kappa shape index (κ1) is 21.7. The Hall–Kier alpha value is -4.11. The van der Waals surface area contributed by atoms with Crippen LogP contribution in [-0.2, 0) is 16.4 Å². The third-order valence-electron chi connectivity index (χ3n) is 5.73. The van der Waals surface area contributed by atoms with Crippen molar-refractivity contribution in [2.45, 2.75) is 30.2 Å². The lowest BCUT2D eigenvalue weighted by Gasteiger charge is -2.15. The number of hydrogen-bond donors (Lipinski definition) is 1. The molecule has 0 unspecified atom stereocenters. The van der Waals surface area contributed by atoms with Gasteiger partial charge in [0.1, 0.15) is 21.7 Å². The molecule has 5 aromatic rings. The summed E-state index contributed by atoms with van der Waals surface area (Å²) in [6.45, 7) is 3.88. The second-order valence-corrected chi connectivity index (χ2v) is 10.1. The van der Waals surface area contributed by atoms with E-state index in [1.165, 1.54) is 27.2 Å². The summed E-state index contributed by atoms with van der Waals surface area (Å²) < 4.78 is 30.0. The lowest BCUT2D eigenvalue weighted by molar-refractivity contribution is 0.591. The van der Waals surface area contributed by atoms with Gasteiger partial charge in [-0.05, 0) is 61.4 Å². The van der Waals surface area contributed by atoms with E-state index in [1.54, 1.807) is 48.9 Å². The van der Waals surface area contributed by atoms with E-state index in [9.17, 15) is 13.2 Å². The molecule has 170 valence electrons. The Morgan fingerprint density at radius 1 is 0.941 bits per heavy atom. The quantitative estimate of drug-likeness (QED) is 0.405. The normalized spacial score (nSPS) is 11.8. The molecule has 0 atom stereocenters. The van der Waals surface area contributed by atoms with E-state index in [0.717, 1.165) is 16.7 Å². The largest absolute Gasteiger partial charge is 0.305 e. The van der Waals surface area contributed by atoms with Crippen LogP contribution in [0.5, 0.6) is 0 Å². The van der Waals surface area contributed by atoms with Gasteiger partial charge in [0.25, 0.3) is 5.56 Å². The molecule has 8 nitrogen and oxygen atoms in total. The highest BCUT2D eigenvalue weighted by atomic mass is 32.2. The molecule has 0 bridgehead atoms. The van der Waals surface area contributed by atoms with Crippen LogP contribution in [0.25, 0.3) is 16.7 Å². The Balaban J connectivity index is 1.88. The van der Waals surface area contributed by atoms with Gasteiger partial charge in [-0.15, -0.1) is 0 Å². The maximum atomic E-state index is 13.6. The summed E-state index contributed by atoms with van der Waals surface area (Å²) in [6.07, 6.45) is 4.91. The first-order chi connectivity index (χ1) is 16.3. The van der Waals surface area contributed by atoms with Crippen molar-refractivity contribution in [2.75, 3.05) is 0 Å². The molecule has 0 aliphatic carbocycles. The number of nitrogens with zero attached hydrogens (tertiary/aromatic N) is 4. The maximum Gasteiger partial charge on any atom is 0.267 e. The molecule has 0 aliphatic rings. The average molecular weight is 472 g/mol. The second-order valence-electron chi connectivity index (χ2n) is 8.20. The van der Waals surface area contributed by atoms with Crippen LogP contribution >= 0.6 is 0 Å². The molecule has 0 saturated carbocycles. The second kappa shape index (κ2) is 8.03. The molecular weight excluding hydrogens is 450 g/mol. The summed E-state index contributed by atoms with van der Waals surface area (Å²) in [7, 11) is -4.07. The lowest BCUT2D eigenvalue weighted by atomic mass is 10.2. The summed E-state index contributed by atoms with van der Waals surface area (Å²) in [5, 5.41) is 8.98. The van der Waals surface area contributed by atoms with E-state index >= 15 is 0 Å². The van der Waals surface area contributed by atoms with E-state index in [0.29, 0.717) is 5.65 Å². The molecular formula is C25H21N5O3S. The first-order valence-electron chi connectivity index (χ1n) is 10.6. The zero-order valence-corrected chi connectivity index (χ0v) is 19.4. The molecule has 5 rings (SSSR count). The summed E-state index contributed by atoms with van der Waals surface area (Å²) >= 11 is 0. The highest BCUT2D eigenvalue weighted by molar-refractivity contribution is 7.91. The van der Waals surface area contributed by atoms with Crippen LogP contribution in [-0.4, -0.2) is 27.4 Å². The van der Waals surface area contributed by atoms with Crippen molar-refractivity contribution >= 4 is 26.5 Å². The van der Waals surface area contributed by atoms with Crippen molar-refractivity contribution in [3.8, 4) is 0 Å². The van der Waals surface area contributed by atoms with Gasteiger partial charge in [0.15, 0.2) is 0 Å². The lowest BCUT2D eigenvalue weighted by Crippen LogP contribution is -2.30. The van der Waals surface area contributed by atoms with Crippen LogP contribution in [0.3, 0.4) is 0 Å². The molecule has 0 amide bonds. The fraction of sp³-hybridized carbons (Fsp3) is 0.120. The van der Waals surface area contributed by atoms with E-state index in [4.69, 9.17) is 5.41 Å². The number of aromatic nitrogens is 4. The minimum absolute atomic E-state index is 0.0612. The van der Waals surface area contributed by atoms with Gasteiger partial charge in [0, 0.05) is 18.6 Å². The van der Waals surface area contributed by atoms with E-state index in [2.05, 4.69) is 9.97 Å². The fourth-order valence-corrected chi connectivity index (χ4v) is 5.28. The predicted octanol–water partition coefficient (Wildman–Crippen LogP) is 3.02. The van der Waals surface area contributed by atoms with E-state index in [1.807, 2.05) is 19.9 Å². The molecule has 1 aromatic carbocycles. The Labute approximate surface area is 195 Å². The van der Waals surface area contributed by atoms with Gasteiger partial charge in [-0.3, -0.25) is 19.6 Å². The average Bonchev–Trinajstić information content (AvgIpc) is 2.82. The van der Waals surface area contributed by atoms with Crippen molar-refractivity contribution in [1.82, 2.24) is 18.9 Å². The number of aryl methyl sites for hydroxylation is 2. The minimum atomic E-state index is -4.07.